The van der Waals surface area contributed by atoms with Crippen LogP contribution < -0.4 is 5.32 Å². The van der Waals surface area contributed by atoms with Gasteiger partial charge in [-0.25, -0.2) is 4.98 Å². The molecule has 0 aliphatic rings. The Morgan fingerprint density at radius 3 is 2.78 bits per heavy atom. The molecule has 1 amide bonds. The molecule has 1 aromatic heterocycles. The Morgan fingerprint density at radius 2 is 2.13 bits per heavy atom. The van der Waals surface area contributed by atoms with Gasteiger partial charge in [-0.15, -0.1) is 11.3 Å². The minimum absolute atomic E-state index is 0.0297. The molecule has 2 aromatic rings. The maximum atomic E-state index is 12.0. The van der Waals surface area contributed by atoms with Gasteiger partial charge in [-0.05, 0) is 25.0 Å². The van der Waals surface area contributed by atoms with Gasteiger partial charge in [-0.1, -0.05) is 30.7 Å². The van der Waals surface area contributed by atoms with E-state index in [-0.39, 0.29) is 24.7 Å². The lowest BCUT2D eigenvalue weighted by Gasteiger charge is -2.07. The lowest BCUT2D eigenvalue weighted by molar-refractivity contribution is -0.138. The van der Waals surface area contributed by atoms with Crippen LogP contribution in [0.2, 0.25) is 5.02 Å². The fourth-order valence-corrected chi connectivity index (χ4v) is 3.25. The van der Waals surface area contributed by atoms with Crippen molar-refractivity contribution < 1.29 is 14.7 Å². The molecule has 1 heterocycles. The molecule has 5 nitrogen and oxygen atoms in total. The van der Waals surface area contributed by atoms with Crippen LogP contribution in [0.1, 0.15) is 24.6 Å². The summed E-state index contributed by atoms with van der Waals surface area (Å²) in [7, 11) is 0. The Balaban J connectivity index is 2.06. The highest BCUT2D eigenvalue weighted by Gasteiger charge is 2.15. The Morgan fingerprint density at radius 1 is 1.39 bits per heavy atom. The Bertz CT molecular complexity index is 730. The quantitative estimate of drug-likeness (QED) is 0.816. The number of nitrogens with zero attached hydrogens (tertiary/aromatic N) is 1. The molecular weight excluding hydrogens is 336 g/mol. The van der Waals surface area contributed by atoms with E-state index in [0.29, 0.717) is 10.2 Å². The number of hydrogen-bond donors (Lipinski definition) is 2. The molecular formula is C16H17ClN2O3S. The second-order valence-electron chi connectivity index (χ2n) is 5.39. The van der Waals surface area contributed by atoms with Gasteiger partial charge >= 0.3 is 5.97 Å². The van der Waals surface area contributed by atoms with Crippen molar-refractivity contribution in [1.29, 1.82) is 0 Å². The van der Waals surface area contributed by atoms with Crippen LogP contribution in [0.15, 0.2) is 24.3 Å². The van der Waals surface area contributed by atoms with Crippen molar-refractivity contribution in [3.63, 3.8) is 0 Å². The van der Waals surface area contributed by atoms with Gasteiger partial charge in [-0.2, -0.15) is 0 Å². The Kier molecular flexibility index (Phi) is 5.74. The third-order valence-corrected chi connectivity index (χ3v) is 4.32. The molecule has 2 N–H and O–H groups in total. The van der Waals surface area contributed by atoms with Crippen molar-refractivity contribution in [3.05, 3.63) is 34.2 Å². The second kappa shape index (κ2) is 7.57. The Labute approximate surface area is 143 Å². The molecule has 7 heteroatoms. The number of halogens is 1. The van der Waals surface area contributed by atoms with Crippen LogP contribution in [0.4, 0.5) is 5.13 Å². The van der Waals surface area contributed by atoms with Crippen molar-refractivity contribution in [3.8, 4) is 11.3 Å². The number of aryl methyl sites for hydroxylation is 1. The van der Waals surface area contributed by atoms with Crippen molar-refractivity contribution in [2.75, 3.05) is 5.32 Å². The first-order valence-corrected chi connectivity index (χ1v) is 8.29. The highest BCUT2D eigenvalue weighted by molar-refractivity contribution is 7.16. The van der Waals surface area contributed by atoms with Crippen molar-refractivity contribution >= 4 is 39.9 Å². The van der Waals surface area contributed by atoms with Crippen LogP contribution in [0.25, 0.3) is 11.3 Å². The average Bonchev–Trinajstić information content (AvgIpc) is 2.78. The van der Waals surface area contributed by atoms with Gasteiger partial charge < -0.3 is 10.4 Å². The summed E-state index contributed by atoms with van der Waals surface area (Å²) in [6.45, 7) is 3.66. The SMILES string of the molecule is Cc1sc(NC(=O)C[C@H](C)CC(=O)O)nc1-c1cccc(Cl)c1. The first-order valence-electron chi connectivity index (χ1n) is 7.10. The molecule has 0 aliphatic carbocycles. The van der Waals surface area contributed by atoms with E-state index in [0.717, 1.165) is 16.1 Å². The largest absolute Gasteiger partial charge is 0.481 e. The molecule has 0 radical (unpaired) electrons. The molecule has 0 fully saturated rings. The zero-order valence-electron chi connectivity index (χ0n) is 12.8. The van der Waals surface area contributed by atoms with Crippen molar-refractivity contribution in [1.82, 2.24) is 4.98 Å². The highest BCUT2D eigenvalue weighted by Crippen LogP contribution is 2.31. The summed E-state index contributed by atoms with van der Waals surface area (Å²) in [5, 5.41) is 12.6. The van der Waals surface area contributed by atoms with E-state index in [1.54, 1.807) is 13.0 Å². The Hall–Kier alpha value is -1.92. The predicted molar refractivity (Wildman–Crippen MR) is 92.0 cm³/mol. The lowest BCUT2D eigenvalue weighted by atomic mass is 10.0. The van der Waals surface area contributed by atoms with Gasteiger partial charge in [0.15, 0.2) is 5.13 Å². The number of carbonyl (C=O) groups excluding carboxylic acids is 1. The normalized spacial score (nSPS) is 12.0. The summed E-state index contributed by atoms with van der Waals surface area (Å²) >= 11 is 7.38. The zero-order chi connectivity index (χ0) is 17.0. The van der Waals surface area contributed by atoms with E-state index in [2.05, 4.69) is 10.3 Å². The van der Waals surface area contributed by atoms with Crippen LogP contribution in [0.3, 0.4) is 0 Å². The highest BCUT2D eigenvalue weighted by atomic mass is 35.5. The smallest absolute Gasteiger partial charge is 0.303 e. The molecule has 0 saturated heterocycles. The van der Waals surface area contributed by atoms with Crippen LogP contribution in [0.5, 0.6) is 0 Å². The van der Waals surface area contributed by atoms with Gasteiger partial charge in [-0.3, -0.25) is 9.59 Å². The summed E-state index contributed by atoms with van der Waals surface area (Å²) in [6.07, 6.45) is 0.121. The molecule has 1 atom stereocenters. The standard InChI is InChI=1S/C16H17ClN2O3S/c1-9(7-14(21)22)6-13(20)18-16-19-15(10(2)23-16)11-4-3-5-12(17)8-11/h3-5,8-9H,6-7H2,1-2H3,(H,21,22)(H,18,19,20)/t9-/m0/s1. The average molecular weight is 353 g/mol. The third-order valence-electron chi connectivity index (χ3n) is 3.20. The van der Waals surface area contributed by atoms with Crippen LogP contribution in [0, 0.1) is 12.8 Å². The second-order valence-corrected chi connectivity index (χ2v) is 7.03. The molecule has 23 heavy (non-hydrogen) atoms. The maximum Gasteiger partial charge on any atom is 0.303 e. The number of aromatic nitrogens is 1. The first-order chi connectivity index (χ1) is 10.8. The number of benzene rings is 1. The number of hydrogen-bond acceptors (Lipinski definition) is 4. The van der Waals surface area contributed by atoms with Crippen LogP contribution in [-0.4, -0.2) is 22.0 Å². The van der Waals surface area contributed by atoms with Gasteiger partial charge in [0, 0.05) is 28.3 Å². The van der Waals surface area contributed by atoms with Crippen LogP contribution in [-0.2, 0) is 9.59 Å². The monoisotopic (exact) mass is 352 g/mol. The summed E-state index contributed by atoms with van der Waals surface area (Å²) in [6, 6.07) is 7.38. The minimum atomic E-state index is -0.904. The molecule has 0 aliphatic heterocycles. The summed E-state index contributed by atoms with van der Waals surface area (Å²) in [5.41, 5.74) is 1.68. The van der Waals surface area contributed by atoms with Gasteiger partial charge in [0.25, 0.3) is 0 Å². The fraction of sp³-hybridized carbons (Fsp3) is 0.312. The molecule has 0 saturated carbocycles. The van der Waals surface area contributed by atoms with E-state index < -0.39 is 5.97 Å². The van der Waals surface area contributed by atoms with E-state index >= 15 is 0 Å². The summed E-state index contributed by atoms with van der Waals surface area (Å²) in [5.74, 6) is -1.36. The van der Waals surface area contributed by atoms with E-state index in [1.807, 2.05) is 25.1 Å². The molecule has 2 rings (SSSR count). The van der Waals surface area contributed by atoms with Crippen molar-refractivity contribution in [2.24, 2.45) is 5.92 Å². The topological polar surface area (TPSA) is 79.3 Å². The first kappa shape index (κ1) is 17.4. The predicted octanol–water partition coefficient (Wildman–Crippen LogP) is 4.21. The minimum Gasteiger partial charge on any atom is -0.481 e. The number of nitrogens with one attached hydrogen (secondary N) is 1. The number of aliphatic carboxylic acids is 1. The molecule has 0 unspecified atom stereocenters. The molecule has 1 aromatic carbocycles. The number of rotatable bonds is 6. The summed E-state index contributed by atoms with van der Waals surface area (Å²) in [4.78, 5) is 28.0. The van der Waals surface area contributed by atoms with E-state index in [4.69, 9.17) is 16.7 Å². The molecule has 122 valence electrons. The third kappa shape index (κ3) is 5.04. The van der Waals surface area contributed by atoms with E-state index in [9.17, 15) is 9.59 Å². The number of carbonyl (C=O) groups is 2. The van der Waals surface area contributed by atoms with Crippen molar-refractivity contribution in [2.45, 2.75) is 26.7 Å². The van der Waals surface area contributed by atoms with E-state index in [1.165, 1.54) is 11.3 Å². The number of anilines is 1. The number of carboxylic acids is 1. The number of carboxylic acid groups (broad SMARTS) is 1. The number of amides is 1. The molecule has 0 spiro atoms. The lowest BCUT2D eigenvalue weighted by Crippen LogP contribution is -2.16. The van der Waals surface area contributed by atoms with Crippen LogP contribution >= 0.6 is 22.9 Å². The fourth-order valence-electron chi connectivity index (χ4n) is 2.21. The molecule has 0 bridgehead atoms. The van der Waals surface area contributed by atoms with Gasteiger partial charge in [0.1, 0.15) is 0 Å². The number of thiazole rings is 1. The van der Waals surface area contributed by atoms with Gasteiger partial charge in [0.05, 0.1) is 5.69 Å². The maximum absolute atomic E-state index is 12.0. The summed E-state index contributed by atoms with van der Waals surface area (Å²) < 4.78 is 0. The zero-order valence-corrected chi connectivity index (χ0v) is 14.4. The van der Waals surface area contributed by atoms with Gasteiger partial charge in [0.2, 0.25) is 5.91 Å².